The molecule has 98 valence electrons. The number of hydrogen-bond acceptors (Lipinski definition) is 4. The maximum atomic E-state index is 12.0. The second-order valence-electron chi connectivity index (χ2n) is 4.00. The van der Waals surface area contributed by atoms with Gasteiger partial charge in [-0.2, -0.15) is 0 Å². The molecule has 0 aromatic heterocycles. The third-order valence-electron chi connectivity index (χ3n) is 2.50. The number of carbonyl (C=O) groups excluding carboxylic acids is 2. The Kier molecular flexibility index (Phi) is 5.32. The highest BCUT2D eigenvalue weighted by atomic mass is 16.5. The fraction of sp³-hybridized carbons (Fsp3) is 0.385. The van der Waals surface area contributed by atoms with E-state index in [-0.39, 0.29) is 24.8 Å². The molecule has 0 atom stereocenters. The normalized spacial score (nSPS) is 10.2. The summed E-state index contributed by atoms with van der Waals surface area (Å²) in [4.78, 5) is 24.8. The Morgan fingerprint density at radius 3 is 2.67 bits per heavy atom. The van der Waals surface area contributed by atoms with Gasteiger partial charge in [-0.05, 0) is 19.2 Å². The minimum absolute atomic E-state index is 0.0414. The van der Waals surface area contributed by atoms with Gasteiger partial charge in [-0.3, -0.25) is 14.5 Å². The van der Waals surface area contributed by atoms with Gasteiger partial charge < -0.3 is 10.1 Å². The van der Waals surface area contributed by atoms with Crippen LogP contribution in [-0.2, 0) is 4.79 Å². The number of carbonyl (C=O) groups is 2. The Labute approximate surface area is 107 Å². The first-order chi connectivity index (χ1) is 8.56. The van der Waals surface area contributed by atoms with Crippen molar-refractivity contribution < 1.29 is 14.3 Å². The highest BCUT2D eigenvalue weighted by Crippen LogP contribution is 2.13. The standard InChI is InChI=1S/C13H18N2O3/c1-14-13(17)9-15(2)8-12(16)10-5-4-6-11(7-10)18-3/h4-7H,8-9H2,1-3H3,(H,14,17). The predicted octanol–water partition coefficient (Wildman–Crippen LogP) is 0.556. The van der Waals surface area contributed by atoms with Gasteiger partial charge in [0.25, 0.3) is 0 Å². The van der Waals surface area contributed by atoms with Gasteiger partial charge in [0.1, 0.15) is 5.75 Å². The molecule has 0 radical (unpaired) electrons. The van der Waals surface area contributed by atoms with E-state index in [0.29, 0.717) is 11.3 Å². The Hall–Kier alpha value is -1.88. The first-order valence-corrected chi connectivity index (χ1v) is 5.63. The van der Waals surface area contributed by atoms with Crippen molar-refractivity contribution in [1.29, 1.82) is 0 Å². The Bertz CT molecular complexity index is 432. The number of Topliss-reactive ketones (excluding diaryl/α,β-unsaturated/α-hetero) is 1. The minimum atomic E-state index is -0.115. The SMILES string of the molecule is CNC(=O)CN(C)CC(=O)c1cccc(OC)c1. The van der Waals surface area contributed by atoms with Crippen molar-refractivity contribution in [2.45, 2.75) is 0 Å². The van der Waals surface area contributed by atoms with Crippen molar-refractivity contribution in [1.82, 2.24) is 10.2 Å². The van der Waals surface area contributed by atoms with Crippen molar-refractivity contribution in [3.63, 3.8) is 0 Å². The fourth-order valence-electron chi connectivity index (χ4n) is 1.51. The molecule has 5 nitrogen and oxygen atoms in total. The van der Waals surface area contributed by atoms with Gasteiger partial charge in [0, 0.05) is 12.6 Å². The third kappa shape index (κ3) is 4.18. The number of benzene rings is 1. The molecule has 0 spiro atoms. The van der Waals surface area contributed by atoms with Crippen molar-refractivity contribution in [3.8, 4) is 5.75 Å². The number of rotatable bonds is 6. The van der Waals surface area contributed by atoms with Crippen LogP contribution < -0.4 is 10.1 Å². The summed E-state index contributed by atoms with van der Waals surface area (Å²) in [6.07, 6.45) is 0. The van der Waals surface area contributed by atoms with Crippen molar-refractivity contribution in [2.75, 3.05) is 34.3 Å². The van der Waals surface area contributed by atoms with Gasteiger partial charge in [0.2, 0.25) is 5.91 Å². The lowest BCUT2D eigenvalue weighted by molar-refractivity contribution is -0.121. The number of amides is 1. The predicted molar refractivity (Wildman–Crippen MR) is 68.9 cm³/mol. The summed E-state index contributed by atoms with van der Waals surface area (Å²) in [5.41, 5.74) is 0.582. The quantitative estimate of drug-likeness (QED) is 0.749. The average Bonchev–Trinajstić information content (AvgIpc) is 2.38. The van der Waals surface area contributed by atoms with Crippen LogP contribution in [0.3, 0.4) is 0 Å². The van der Waals surface area contributed by atoms with Gasteiger partial charge >= 0.3 is 0 Å². The lowest BCUT2D eigenvalue weighted by Crippen LogP contribution is -2.36. The fourth-order valence-corrected chi connectivity index (χ4v) is 1.51. The molecule has 0 saturated heterocycles. The Morgan fingerprint density at radius 2 is 2.06 bits per heavy atom. The van der Waals surface area contributed by atoms with E-state index in [2.05, 4.69) is 5.32 Å². The van der Waals surface area contributed by atoms with Crippen LogP contribution in [0.15, 0.2) is 24.3 Å². The molecule has 0 aliphatic carbocycles. The molecule has 1 amide bonds. The number of ketones is 1. The highest BCUT2D eigenvalue weighted by Gasteiger charge is 2.12. The zero-order chi connectivity index (χ0) is 13.5. The highest BCUT2D eigenvalue weighted by molar-refractivity contribution is 5.98. The summed E-state index contributed by atoms with van der Waals surface area (Å²) < 4.78 is 5.06. The molecule has 18 heavy (non-hydrogen) atoms. The smallest absolute Gasteiger partial charge is 0.233 e. The lowest BCUT2D eigenvalue weighted by atomic mass is 10.1. The van der Waals surface area contributed by atoms with Gasteiger partial charge in [-0.15, -0.1) is 0 Å². The van der Waals surface area contributed by atoms with Crippen molar-refractivity contribution in [3.05, 3.63) is 29.8 Å². The maximum Gasteiger partial charge on any atom is 0.233 e. The first-order valence-electron chi connectivity index (χ1n) is 5.63. The third-order valence-corrected chi connectivity index (χ3v) is 2.50. The van der Waals surface area contributed by atoms with E-state index in [4.69, 9.17) is 4.74 Å². The summed E-state index contributed by atoms with van der Waals surface area (Å²) in [5.74, 6) is 0.492. The van der Waals surface area contributed by atoms with E-state index in [1.807, 2.05) is 0 Å². The molecule has 1 N–H and O–H groups in total. The summed E-state index contributed by atoms with van der Waals surface area (Å²) in [6, 6.07) is 6.98. The molecule has 1 rings (SSSR count). The minimum Gasteiger partial charge on any atom is -0.497 e. The monoisotopic (exact) mass is 250 g/mol. The van der Waals surface area contributed by atoms with E-state index in [1.165, 1.54) is 0 Å². The van der Waals surface area contributed by atoms with Crippen LogP contribution in [0.5, 0.6) is 5.75 Å². The second-order valence-corrected chi connectivity index (χ2v) is 4.00. The molecule has 1 aromatic rings. The number of nitrogens with one attached hydrogen (secondary N) is 1. The summed E-state index contributed by atoms with van der Waals surface area (Å²) >= 11 is 0. The maximum absolute atomic E-state index is 12.0. The summed E-state index contributed by atoms with van der Waals surface area (Å²) in [5, 5.41) is 2.52. The van der Waals surface area contributed by atoms with E-state index in [1.54, 1.807) is 50.4 Å². The van der Waals surface area contributed by atoms with E-state index < -0.39 is 0 Å². The van der Waals surface area contributed by atoms with Crippen molar-refractivity contribution in [2.24, 2.45) is 0 Å². The average molecular weight is 250 g/mol. The van der Waals surface area contributed by atoms with Crippen molar-refractivity contribution >= 4 is 11.7 Å². The van der Waals surface area contributed by atoms with Gasteiger partial charge in [0.15, 0.2) is 5.78 Å². The van der Waals surface area contributed by atoms with Crippen LogP contribution in [0.1, 0.15) is 10.4 Å². The Morgan fingerprint density at radius 1 is 1.33 bits per heavy atom. The molecule has 0 unspecified atom stereocenters. The van der Waals surface area contributed by atoms with E-state index in [9.17, 15) is 9.59 Å². The van der Waals surface area contributed by atoms with Crippen LogP contribution in [0.25, 0.3) is 0 Å². The molecule has 0 fully saturated rings. The molecular weight excluding hydrogens is 232 g/mol. The largest absolute Gasteiger partial charge is 0.497 e. The second kappa shape index (κ2) is 6.76. The number of methoxy groups -OCH3 is 1. The van der Waals surface area contributed by atoms with E-state index >= 15 is 0 Å². The molecule has 0 aliphatic heterocycles. The summed E-state index contributed by atoms with van der Waals surface area (Å²) in [7, 11) is 4.86. The summed E-state index contributed by atoms with van der Waals surface area (Å²) in [6.45, 7) is 0.396. The van der Waals surface area contributed by atoms with Crippen LogP contribution in [-0.4, -0.2) is 50.9 Å². The molecule has 0 aliphatic rings. The molecule has 1 aromatic carbocycles. The van der Waals surface area contributed by atoms with Crippen LogP contribution in [0.4, 0.5) is 0 Å². The van der Waals surface area contributed by atoms with E-state index in [0.717, 1.165) is 0 Å². The van der Waals surface area contributed by atoms with Crippen LogP contribution in [0, 0.1) is 0 Å². The van der Waals surface area contributed by atoms with Crippen LogP contribution >= 0.6 is 0 Å². The molecule has 5 heteroatoms. The molecular formula is C13H18N2O3. The first kappa shape index (κ1) is 14.2. The van der Waals surface area contributed by atoms with Crippen LogP contribution in [0.2, 0.25) is 0 Å². The van der Waals surface area contributed by atoms with Gasteiger partial charge in [0.05, 0.1) is 20.2 Å². The van der Waals surface area contributed by atoms with Gasteiger partial charge in [-0.25, -0.2) is 0 Å². The lowest BCUT2D eigenvalue weighted by Gasteiger charge is -2.14. The molecule has 0 heterocycles. The zero-order valence-electron chi connectivity index (χ0n) is 10.9. The number of likely N-dealkylation sites (N-methyl/N-ethyl adjacent to an activating group) is 2. The zero-order valence-corrected chi connectivity index (χ0v) is 10.9. The number of hydrogen-bond donors (Lipinski definition) is 1. The van der Waals surface area contributed by atoms with Gasteiger partial charge in [-0.1, -0.05) is 12.1 Å². The Balaban J connectivity index is 2.61. The molecule has 0 saturated carbocycles. The number of ether oxygens (including phenoxy) is 1. The molecule has 0 bridgehead atoms. The number of nitrogens with zero attached hydrogens (tertiary/aromatic N) is 1. The topological polar surface area (TPSA) is 58.6 Å².